The molecule has 6 heteroatoms. The molecule has 2 fully saturated rings. The van der Waals surface area contributed by atoms with E-state index in [1.54, 1.807) is 0 Å². The van der Waals surface area contributed by atoms with Gasteiger partial charge in [0, 0.05) is 38.6 Å². The van der Waals surface area contributed by atoms with Crippen molar-refractivity contribution in [3.05, 3.63) is 0 Å². The minimum atomic E-state index is 0.0544. The van der Waals surface area contributed by atoms with Crippen LogP contribution in [0.1, 0.15) is 25.7 Å². The van der Waals surface area contributed by atoms with Gasteiger partial charge in [-0.25, -0.2) is 4.79 Å². The van der Waals surface area contributed by atoms with Crippen molar-refractivity contribution in [2.24, 2.45) is 0 Å². The van der Waals surface area contributed by atoms with Crippen LogP contribution in [0.4, 0.5) is 4.79 Å². The van der Waals surface area contributed by atoms with E-state index in [1.165, 1.54) is 0 Å². The quantitative estimate of drug-likeness (QED) is 0.690. The van der Waals surface area contributed by atoms with Gasteiger partial charge < -0.3 is 20.4 Å². The van der Waals surface area contributed by atoms with Crippen molar-refractivity contribution in [3.63, 3.8) is 0 Å². The first-order valence-electron chi connectivity index (χ1n) is 7.19. The van der Waals surface area contributed by atoms with Crippen LogP contribution < -0.4 is 10.6 Å². The van der Waals surface area contributed by atoms with E-state index in [1.807, 2.05) is 16.8 Å². The van der Waals surface area contributed by atoms with E-state index >= 15 is 0 Å². The summed E-state index contributed by atoms with van der Waals surface area (Å²) in [6.07, 6.45) is 3.33. The number of carbonyl (C=O) groups is 2. The van der Waals surface area contributed by atoms with Gasteiger partial charge in [-0.15, -0.1) is 0 Å². The van der Waals surface area contributed by atoms with E-state index in [9.17, 15) is 9.59 Å². The number of piperidine rings is 1. The van der Waals surface area contributed by atoms with Gasteiger partial charge in [-0.2, -0.15) is 0 Å². The van der Waals surface area contributed by atoms with Crippen LogP contribution in [0, 0.1) is 0 Å². The molecule has 3 amide bonds. The number of nitrogens with zero attached hydrogens (tertiary/aromatic N) is 2. The molecule has 0 unspecified atom stereocenters. The first kappa shape index (κ1) is 14.1. The summed E-state index contributed by atoms with van der Waals surface area (Å²) in [6, 6.07) is 0.364. The van der Waals surface area contributed by atoms with Gasteiger partial charge in [-0.3, -0.25) is 4.79 Å². The van der Waals surface area contributed by atoms with E-state index < -0.39 is 0 Å². The second-order valence-electron chi connectivity index (χ2n) is 5.24. The Morgan fingerprint density at radius 2 is 2.11 bits per heavy atom. The molecule has 0 bridgehead atoms. The third kappa shape index (κ3) is 3.59. The van der Waals surface area contributed by atoms with Crippen molar-refractivity contribution >= 4 is 11.9 Å². The van der Waals surface area contributed by atoms with Crippen molar-refractivity contribution in [1.82, 2.24) is 20.4 Å². The number of hydrogen-bond donors (Lipinski definition) is 2. The molecular formula is C13H24N4O2. The van der Waals surface area contributed by atoms with Gasteiger partial charge >= 0.3 is 6.03 Å². The van der Waals surface area contributed by atoms with Crippen LogP contribution in [0.25, 0.3) is 0 Å². The second-order valence-corrected chi connectivity index (χ2v) is 5.24. The number of likely N-dealkylation sites (tertiary alicyclic amines) is 1. The van der Waals surface area contributed by atoms with E-state index in [4.69, 9.17) is 0 Å². The number of amides is 3. The third-order valence-corrected chi connectivity index (χ3v) is 3.97. The first-order valence-corrected chi connectivity index (χ1v) is 7.19. The minimum Gasteiger partial charge on any atom is -0.343 e. The zero-order chi connectivity index (χ0) is 13.7. The van der Waals surface area contributed by atoms with Gasteiger partial charge in [-0.05, 0) is 32.9 Å². The Bertz CT molecular complexity index is 327. The zero-order valence-electron chi connectivity index (χ0n) is 11.7. The molecule has 6 nitrogen and oxygen atoms in total. The molecule has 2 rings (SSSR count). The Kier molecular flexibility index (Phi) is 5.01. The molecule has 0 aromatic rings. The molecule has 2 N–H and O–H groups in total. The normalized spacial score (nSPS) is 20.8. The topological polar surface area (TPSA) is 64.7 Å². The average molecular weight is 268 g/mol. The van der Waals surface area contributed by atoms with E-state index in [0.29, 0.717) is 12.5 Å². The molecule has 2 heterocycles. The fourth-order valence-electron chi connectivity index (χ4n) is 2.84. The lowest BCUT2D eigenvalue weighted by Crippen LogP contribution is -2.47. The number of rotatable bonds is 5. The molecule has 108 valence electrons. The Morgan fingerprint density at radius 3 is 2.68 bits per heavy atom. The van der Waals surface area contributed by atoms with Crippen LogP contribution in [0.15, 0.2) is 0 Å². The molecule has 0 aliphatic carbocycles. The van der Waals surface area contributed by atoms with Crippen LogP contribution in [0.3, 0.4) is 0 Å². The van der Waals surface area contributed by atoms with Crippen LogP contribution in [0.2, 0.25) is 0 Å². The Hall–Kier alpha value is -1.30. The number of hydrogen-bond acceptors (Lipinski definition) is 3. The maximum atomic E-state index is 12.0. The van der Waals surface area contributed by atoms with Crippen molar-refractivity contribution in [2.45, 2.75) is 31.7 Å². The van der Waals surface area contributed by atoms with Gasteiger partial charge in [0.15, 0.2) is 0 Å². The largest absolute Gasteiger partial charge is 0.343 e. The molecular weight excluding hydrogens is 244 g/mol. The molecule has 2 aliphatic heterocycles. The van der Waals surface area contributed by atoms with Gasteiger partial charge in [0.05, 0.1) is 0 Å². The molecule has 0 aromatic heterocycles. The summed E-state index contributed by atoms with van der Waals surface area (Å²) in [4.78, 5) is 27.4. The highest BCUT2D eigenvalue weighted by molar-refractivity contribution is 5.77. The lowest BCUT2D eigenvalue weighted by atomic mass is 10.0. The number of urea groups is 1. The highest BCUT2D eigenvalue weighted by Gasteiger charge is 2.31. The smallest absolute Gasteiger partial charge is 0.317 e. The van der Waals surface area contributed by atoms with E-state index in [2.05, 4.69) is 10.6 Å². The van der Waals surface area contributed by atoms with Crippen LogP contribution in [-0.2, 0) is 4.79 Å². The lowest BCUT2D eigenvalue weighted by molar-refractivity contribution is -0.132. The average Bonchev–Trinajstić information content (AvgIpc) is 2.85. The van der Waals surface area contributed by atoms with Gasteiger partial charge in [0.2, 0.25) is 5.91 Å². The lowest BCUT2D eigenvalue weighted by Gasteiger charge is -2.36. The van der Waals surface area contributed by atoms with Crippen molar-refractivity contribution in [2.75, 3.05) is 39.8 Å². The Labute approximate surface area is 114 Å². The van der Waals surface area contributed by atoms with Crippen LogP contribution >= 0.6 is 0 Å². The molecule has 2 saturated heterocycles. The monoisotopic (exact) mass is 268 g/mol. The van der Waals surface area contributed by atoms with Crippen molar-refractivity contribution in [1.29, 1.82) is 0 Å². The fraction of sp³-hybridized carbons (Fsp3) is 0.846. The predicted molar refractivity (Wildman–Crippen MR) is 72.9 cm³/mol. The summed E-state index contributed by atoms with van der Waals surface area (Å²) in [5, 5.41) is 5.89. The summed E-state index contributed by atoms with van der Waals surface area (Å²) in [7, 11) is 1.90. The van der Waals surface area contributed by atoms with Gasteiger partial charge in [-0.1, -0.05) is 0 Å². The van der Waals surface area contributed by atoms with Gasteiger partial charge in [0.25, 0.3) is 0 Å². The van der Waals surface area contributed by atoms with E-state index in [-0.39, 0.29) is 11.9 Å². The standard InChI is InChI=1S/C13H24N4O2/c1-14-6-2-3-12(18)16-8-4-11(5-9-16)17-10-7-15-13(17)19/h11,14H,2-10H2,1H3,(H,15,19). The SMILES string of the molecule is CNCCCC(=O)N1CCC(N2CCNC2=O)CC1. The minimum absolute atomic E-state index is 0.0544. The summed E-state index contributed by atoms with van der Waals surface area (Å²) < 4.78 is 0. The summed E-state index contributed by atoms with van der Waals surface area (Å²) in [5.74, 6) is 0.250. The first-order chi connectivity index (χ1) is 9.22. The summed E-state index contributed by atoms with van der Waals surface area (Å²) in [5.41, 5.74) is 0. The molecule has 0 aromatic carbocycles. The Balaban J connectivity index is 1.72. The maximum absolute atomic E-state index is 12.0. The molecule has 0 atom stereocenters. The summed E-state index contributed by atoms with van der Waals surface area (Å²) >= 11 is 0. The van der Waals surface area contributed by atoms with E-state index in [0.717, 1.165) is 52.0 Å². The van der Waals surface area contributed by atoms with Crippen molar-refractivity contribution in [3.8, 4) is 0 Å². The highest BCUT2D eigenvalue weighted by Crippen LogP contribution is 2.18. The Morgan fingerprint density at radius 1 is 1.37 bits per heavy atom. The molecule has 0 radical (unpaired) electrons. The number of nitrogens with one attached hydrogen (secondary N) is 2. The third-order valence-electron chi connectivity index (χ3n) is 3.97. The van der Waals surface area contributed by atoms with Crippen LogP contribution in [0.5, 0.6) is 0 Å². The summed E-state index contributed by atoms with van der Waals surface area (Å²) in [6.45, 7) is 4.01. The highest BCUT2D eigenvalue weighted by atomic mass is 16.2. The zero-order valence-corrected chi connectivity index (χ0v) is 11.7. The van der Waals surface area contributed by atoms with Gasteiger partial charge in [0.1, 0.15) is 0 Å². The molecule has 0 spiro atoms. The second kappa shape index (κ2) is 6.75. The molecule has 0 saturated carbocycles. The molecule has 2 aliphatic rings. The van der Waals surface area contributed by atoms with Crippen LogP contribution in [-0.4, -0.2) is 67.6 Å². The maximum Gasteiger partial charge on any atom is 0.317 e. The predicted octanol–water partition coefficient (Wildman–Crippen LogP) is 0.00220. The molecule has 19 heavy (non-hydrogen) atoms. The number of carbonyl (C=O) groups excluding carboxylic acids is 2. The fourth-order valence-corrected chi connectivity index (χ4v) is 2.84. The van der Waals surface area contributed by atoms with Crippen molar-refractivity contribution < 1.29 is 9.59 Å².